The molecule has 6 heteroatoms. The van der Waals surface area contributed by atoms with Crippen LogP contribution in [0.5, 0.6) is 0 Å². The molecule has 0 amide bonds. The summed E-state index contributed by atoms with van der Waals surface area (Å²) in [6.07, 6.45) is 3.59. The molecule has 1 aromatic rings. The van der Waals surface area contributed by atoms with Gasteiger partial charge in [0.1, 0.15) is 0 Å². The molecule has 4 nitrogen and oxygen atoms in total. The zero-order valence-electron chi connectivity index (χ0n) is 16.4. The van der Waals surface area contributed by atoms with Crippen molar-refractivity contribution in [3.63, 3.8) is 0 Å². The van der Waals surface area contributed by atoms with Crippen molar-refractivity contribution in [1.29, 1.82) is 0 Å². The predicted molar refractivity (Wildman–Crippen MR) is 125 cm³/mol. The summed E-state index contributed by atoms with van der Waals surface area (Å²) < 4.78 is 6.56. The van der Waals surface area contributed by atoms with Crippen LogP contribution in [-0.4, -0.2) is 51.3 Å². The molecular weight excluding hydrogens is 505 g/mol. The smallest absolute Gasteiger partial charge is 0.193 e. The van der Waals surface area contributed by atoms with E-state index in [1.54, 1.807) is 0 Å². The molecule has 0 bridgehead atoms. The van der Waals surface area contributed by atoms with E-state index in [-0.39, 0.29) is 29.4 Å². The maximum Gasteiger partial charge on any atom is 0.193 e. The summed E-state index contributed by atoms with van der Waals surface area (Å²) in [5.41, 5.74) is 1.36. The summed E-state index contributed by atoms with van der Waals surface area (Å²) in [5, 5.41) is 3.55. The molecule has 1 saturated heterocycles. The highest BCUT2D eigenvalue weighted by Crippen LogP contribution is 2.24. The summed E-state index contributed by atoms with van der Waals surface area (Å²) in [7, 11) is 3.99. The van der Waals surface area contributed by atoms with Crippen LogP contribution in [0, 0.1) is 5.92 Å². The van der Waals surface area contributed by atoms with Crippen molar-refractivity contribution in [2.45, 2.75) is 38.5 Å². The maximum atomic E-state index is 5.45. The maximum absolute atomic E-state index is 5.45. The molecule has 0 aliphatic carbocycles. The fourth-order valence-corrected chi connectivity index (χ4v) is 3.47. The van der Waals surface area contributed by atoms with Gasteiger partial charge in [-0.1, -0.05) is 41.9 Å². The van der Waals surface area contributed by atoms with Crippen molar-refractivity contribution < 1.29 is 4.74 Å². The van der Waals surface area contributed by atoms with Crippen molar-refractivity contribution in [2.24, 2.45) is 10.9 Å². The van der Waals surface area contributed by atoms with Gasteiger partial charge in [-0.15, -0.1) is 24.0 Å². The molecule has 1 aromatic carbocycles. The van der Waals surface area contributed by atoms with E-state index in [0.717, 1.165) is 42.7 Å². The molecule has 1 fully saturated rings. The van der Waals surface area contributed by atoms with Crippen LogP contribution in [0.1, 0.15) is 38.7 Å². The van der Waals surface area contributed by atoms with Crippen molar-refractivity contribution in [3.05, 3.63) is 34.3 Å². The highest BCUT2D eigenvalue weighted by Gasteiger charge is 2.22. The number of nitrogens with zero attached hydrogens (tertiary/aromatic N) is 2. The third kappa shape index (κ3) is 7.35. The number of nitrogens with one attached hydrogen (secondary N) is 1. The van der Waals surface area contributed by atoms with Gasteiger partial charge in [-0.25, -0.2) is 0 Å². The molecule has 1 heterocycles. The monoisotopic (exact) mass is 537 g/mol. The molecule has 0 radical (unpaired) electrons. The van der Waals surface area contributed by atoms with Crippen LogP contribution in [0.2, 0.25) is 0 Å². The lowest BCUT2D eigenvalue weighted by atomic mass is 9.85. The van der Waals surface area contributed by atoms with Gasteiger partial charge in [0.2, 0.25) is 0 Å². The number of hydrogen-bond acceptors (Lipinski definition) is 2. The normalized spacial score (nSPS) is 16.1. The highest BCUT2D eigenvalue weighted by molar-refractivity contribution is 14.0. The van der Waals surface area contributed by atoms with Crippen molar-refractivity contribution >= 4 is 45.9 Å². The molecular formula is C20H33BrIN3O. The van der Waals surface area contributed by atoms with Gasteiger partial charge in [0.25, 0.3) is 0 Å². The lowest BCUT2D eigenvalue weighted by Gasteiger charge is -2.30. The van der Waals surface area contributed by atoms with Crippen molar-refractivity contribution in [1.82, 2.24) is 10.2 Å². The zero-order valence-corrected chi connectivity index (χ0v) is 20.3. The van der Waals surface area contributed by atoms with Crippen LogP contribution in [0.3, 0.4) is 0 Å². The van der Waals surface area contributed by atoms with E-state index in [4.69, 9.17) is 4.74 Å². The number of benzene rings is 1. The lowest BCUT2D eigenvalue weighted by Crippen LogP contribution is -2.44. The molecule has 1 aliphatic heterocycles. The van der Waals surface area contributed by atoms with Crippen LogP contribution >= 0.6 is 39.9 Å². The Bertz CT molecular complexity index is 557. The average molecular weight is 538 g/mol. The van der Waals surface area contributed by atoms with Crippen LogP contribution in [0.15, 0.2) is 33.7 Å². The van der Waals surface area contributed by atoms with Crippen LogP contribution < -0.4 is 5.32 Å². The van der Waals surface area contributed by atoms with Crippen LogP contribution in [0.25, 0.3) is 0 Å². The van der Waals surface area contributed by atoms with Gasteiger partial charge in [0.05, 0.1) is 0 Å². The first-order valence-electron chi connectivity index (χ1n) is 9.18. The fourth-order valence-electron chi connectivity index (χ4n) is 3.21. The number of rotatable bonds is 6. The van der Waals surface area contributed by atoms with Gasteiger partial charge < -0.3 is 15.0 Å². The van der Waals surface area contributed by atoms with Gasteiger partial charge in [-0.2, -0.15) is 0 Å². The van der Waals surface area contributed by atoms with Gasteiger partial charge >= 0.3 is 0 Å². The number of aliphatic imine (C=N–C) groups is 1. The Hall–Kier alpha value is -0.340. The molecule has 0 aromatic heterocycles. The summed E-state index contributed by atoms with van der Waals surface area (Å²) >= 11 is 3.51. The van der Waals surface area contributed by atoms with E-state index < -0.39 is 0 Å². The van der Waals surface area contributed by atoms with Gasteiger partial charge in [-0.05, 0) is 42.9 Å². The highest BCUT2D eigenvalue weighted by atomic mass is 127. The minimum absolute atomic E-state index is 0. The fraction of sp³-hybridized carbons (Fsp3) is 0.650. The molecule has 2 rings (SSSR count). The quantitative estimate of drug-likeness (QED) is 0.325. The van der Waals surface area contributed by atoms with Crippen molar-refractivity contribution in [2.75, 3.05) is 40.4 Å². The van der Waals surface area contributed by atoms with E-state index in [1.807, 2.05) is 7.05 Å². The SMILES string of the molecule is CN=C(NCC(C)(C)c1ccc(Br)cc1)N(C)CCC1CCOCC1.I. The van der Waals surface area contributed by atoms with Gasteiger partial charge in [0.15, 0.2) is 5.96 Å². The zero-order chi connectivity index (χ0) is 18.3. The number of halogens is 2. The molecule has 0 atom stereocenters. The van der Waals surface area contributed by atoms with E-state index in [9.17, 15) is 0 Å². The molecule has 148 valence electrons. The summed E-state index contributed by atoms with van der Waals surface area (Å²) in [4.78, 5) is 6.71. The summed E-state index contributed by atoms with van der Waals surface area (Å²) in [6.45, 7) is 8.24. The lowest BCUT2D eigenvalue weighted by molar-refractivity contribution is 0.0625. The second-order valence-electron chi connectivity index (χ2n) is 7.56. The Morgan fingerprint density at radius 2 is 1.88 bits per heavy atom. The third-order valence-corrected chi connectivity index (χ3v) is 5.63. The topological polar surface area (TPSA) is 36.9 Å². The van der Waals surface area contributed by atoms with Crippen molar-refractivity contribution in [3.8, 4) is 0 Å². The predicted octanol–water partition coefficient (Wildman–Crippen LogP) is 4.67. The first-order valence-corrected chi connectivity index (χ1v) is 9.97. The first kappa shape index (κ1) is 23.7. The third-order valence-electron chi connectivity index (χ3n) is 5.10. The molecule has 0 saturated carbocycles. The standard InChI is InChI=1S/C20H32BrN3O.HI/c1-20(2,17-5-7-18(21)8-6-17)15-23-19(22-3)24(4)12-9-16-10-13-25-14-11-16;/h5-8,16H,9-15H2,1-4H3,(H,22,23);1H. The summed E-state index contributed by atoms with van der Waals surface area (Å²) in [5.74, 6) is 1.76. The Labute approximate surface area is 184 Å². The Balaban J connectivity index is 0.00000338. The average Bonchev–Trinajstić information content (AvgIpc) is 2.61. The number of ether oxygens (including phenoxy) is 1. The second-order valence-corrected chi connectivity index (χ2v) is 8.47. The number of hydrogen-bond donors (Lipinski definition) is 1. The second kappa shape index (κ2) is 11.5. The van der Waals surface area contributed by atoms with Gasteiger partial charge in [0, 0.05) is 50.3 Å². The van der Waals surface area contributed by atoms with Gasteiger partial charge in [-0.3, -0.25) is 4.99 Å². The first-order chi connectivity index (χ1) is 11.9. The molecule has 0 spiro atoms. The van der Waals surface area contributed by atoms with E-state index in [0.29, 0.717) is 0 Å². The minimum atomic E-state index is 0. The minimum Gasteiger partial charge on any atom is -0.381 e. The molecule has 1 N–H and O–H groups in total. The Kier molecular flexibility index (Phi) is 10.5. The van der Waals surface area contributed by atoms with Crippen LogP contribution in [0.4, 0.5) is 0 Å². The molecule has 26 heavy (non-hydrogen) atoms. The Morgan fingerprint density at radius 1 is 1.27 bits per heavy atom. The van der Waals surface area contributed by atoms with E-state index in [2.05, 4.69) is 76.3 Å². The molecule has 0 unspecified atom stereocenters. The van der Waals surface area contributed by atoms with E-state index >= 15 is 0 Å². The van der Waals surface area contributed by atoms with E-state index in [1.165, 1.54) is 24.8 Å². The summed E-state index contributed by atoms with van der Waals surface area (Å²) in [6, 6.07) is 8.57. The largest absolute Gasteiger partial charge is 0.381 e. The number of guanidine groups is 1. The Morgan fingerprint density at radius 3 is 2.46 bits per heavy atom. The molecule has 1 aliphatic rings. The van der Waals surface area contributed by atoms with Crippen LogP contribution in [-0.2, 0) is 10.2 Å².